The van der Waals surface area contributed by atoms with Crippen molar-refractivity contribution in [3.8, 4) is 0 Å². The molecule has 0 bridgehead atoms. The summed E-state index contributed by atoms with van der Waals surface area (Å²) in [6.45, 7) is 4.50. The number of nitrogens with one attached hydrogen (secondary N) is 1. The van der Waals surface area contributed by atoms with E-state index >= 15 is 0 Å². The molecule has 5 heteroatoms. The van der Waals surface area contributed by atoms with Crippen LogP contribution in [0.15, 0.2) is 18.2 Å². The van der Waals surface area contributed by atoms with Crippen LogP contribution in [0, 0.1) is 22.0 Å². The van der Waals surface area contributed by atoms with Crippen LogP contribution in [-0.2, 0) is 0 Å². The topological polar surface area (TPSA) is 55.2 Å². The molecular formula is C14H19ClN2O2. The summed E-state index contributed by atoms with van der Waals surface area (Å²) < 4.78 is 0. The van der Waals surface area contributed by atoms with Gasteiger partial charge in [0.25, 0.3) is 5.69 Å². The Balaban J connectivity index is 2.12. The summed E-state index contributed by atoms with van der Waals surface area (Å²) in [4.78, 5) is 10.2. The van der Waals surface area contributed by atoms with Gasteiger partial charge in [-0.05, 0) is 30.7 Å². The minimum absolute atomic E-state index is 0.0283. The molecule has 1 N–H and O–H groups in total. The van der Waals surface area contributed by atoms with E-state index in [0.29, 0.717) is 22.9 Å². The second-order valence-electron chi connectivity index (χ2n) is 5.57. The molecule has 0 amide bonds. The number of benzene rings is 1. The van der Waals surface area contributed by atoms with Gasteiger partial charge in [-0.2, -0.15) is 0 Å². The molecule has 3 unspecified atom stereocenters. The van der Waals surface area contributed by atoms with E-state index in [9.17, 15) is 10.1 Å². The predicted octanol–water partition coefficient (Wildman–Crippen LogP) is 4.48. The lowest BCUT2D eigenvalue weighted by atomic mass is 9.80. The highest BCUT2D eigenvalue weighted by Gasteiger charge is 2.26. The van der Waals surface area contributed by atoms with Crippen LogP contribution >= 0.6 is 11.6 Å². The normalized spacial score (nSPS) is 27.0. The average molecular weight is 283 g/mol. The van der Waals surface area contributed by atoms with Crippen molar-refractivity contribution < 1.29 is 4.92 Å². The van der Waals surface area contributed by atoms with Crippen molar-refractivity contribution in [2.75, 3.05) is 5.32 Å². The van der Waals surface area contributed by atoms with Crippen LogP contribution in [0.3, 0.4) is 0 Å². The molecule has 3 atom stereocenters. The van der Waals surface area contributed by atoms with Gasteiger partial charge < -0.3 is 5.32 Å². The molecule has 4 nitrogen and oxygen atoms in total. The number of hydrogen-bond acceptors (Lipinski definition) is 3. The summed E-state index contributed by atoms with van der Waals surface area (Å²) in [5.74, 6) is 1.31. The monoisotopic (exact) mass is 282 g/mol. The van der Waals surface area contributed by atoms with Gasteiger partial charge in [0.05, 0.1) is 15.6 Å². The summed E-state index contributed by atoms with van der Waals surface area (Å²) >= 11 is 6.11. The van der Waals surface area contributed by atoms with E-state index in [-0.39, 0.29) is 5.69 Å². The third kappa shape index (κ3) is 3.38. The second kappa shape index (κ2) is 5.78. The predicted molar refractivity (Wildman–Crippen MR) is 77.7 cm³/mol. The average Bonchev–Trinajstić information content (AvgIpc) is 2.36. The van der Waals surface area contributed by atoms with Gasteiger partial charge in [0.2, 0.25) is 0 Å². The van der Waals surface area contributed by atoms with Gasteiger partial charge in [0, 0.05) is 18.2 Å². The molecule has 0 radical (unpaired) electrons. The lowest BCUT2D eigenvalue weighted by molar-refractivity contribution is -0.384. The van der Waals surface area contributed by atoms with Crippen molar-refractivity contribution in [2.45, 2.75) is 39.2 Å². The summed E-state index contributed by atoms with van der Waals surface area (Å²) in [5, 5.41) is 14.5. The first kappa shape index (κ1) is 14.1. The summed E-state index contributed by atoms with van der Waals surface area (Å²) in [6.07, 6.45) is 3.60. The van der Waals surface area contributed by atoms with E-state index in [2.05, 4.69) is 19.2 Å². The van der Waals surface area contributed by atoms with Crippen LogP contribution in [0.25, 0.3) is 0 Å². The molecule has 0 aliphatic heterocycles. The molecule has 1 aromatic carbocycles. The highest BCUT2D eigenvalue weighted by atomic mass is 35.5. The number of hydrogen-bond donors (Lipinski definition) is 1. The van der Waals surface area contributed by atoms with E-state index in [4.69, 9.17) is 11.6 Å². The smallest absolute Gasteiger partial charge is 0.271 e. The maximum atomic E-state index is 10.7. The molecule has 0 saturated heterocycles. The molecule has 104 valence electrons. The van der Waals surface area contributed by atoms with Crippen molar-refractivity contribution in [2.24, 2.45) is 11.8 Å². The second-order valence-corrected chi connectivity index (χ2v) is 5.97. The minimum atomic E-state index is -0.430. The fourth-order valence-corrected chi connectivity index (χ4v) is 2.90. The van der Waals surface area contributed by atoms with Crippen LogP contribution in [0.1, 0.15) is 33.1 Å². The van der Waals surface area contributed by atoms with E-state index in [0.717, 1.165) is 12.1 Å². The van der Waals surface area contributed by atoms with Crippen molar-refractivity contribution in [3.63, 3.8) is 0 Å². The highest BCUT2D eigenvalue weighted by Crippen LogP contribution is 2.33. The fourth-order valence-electron chi connectivity index (χ4n) is 2.67. The minimum Gasteiger partial charge on any atom is -0.381 e. The Morgan fingerprint density at radius 1 is 1.37 bits per heavy atom. The SMILES string of the molecule is CC1CCC(C)C(Nc2ccc([N+](=O)[O-])cc2Cl)C1. The highest BCUT2D eigenvalue weighted by molar-refractivity contribution is 6.33. The summed E-state index contributed by atoms with van der Waals surface area (Å²) in [6, 6.07) is 4.99. The maximum Gasteiger partial charge on any atom is 0.271 e. The van der Waals surface area contributed by atoms with Gasteiger partial charge in [-0.15, -0.1) is 0 Å². The van der Waals surface area contributed by atoms with Gasteiger partial charge in [0.15, 0.2) is 0 Å². The van der Waals surface area contributed by atoms with Gasteiger partial charge in [0.1, 0.15) is 0 Å². The lowest BCUT2D eigenvalue weighted by Gasteiger charge is -2.34. The zero-order chi connectivity index (χ0) is 14.0. The Bertz CT molecular complexity index is 479. The van der Waals surface area contributed by atoms with Crippen molar-refractivity contribution in [1.29, 1.82) is 0 Å². The number of rotatable bonds is 3. The van der Waals surface area contributed by atoms with E-state index in [1.54, 1.807) is 6.07 Å². The number of nitro benzene ring substituents is 1. The van der Waals surface area contributed by atoms with Crippen molar-refractivity contribution in [3.05, 3.63) is 33.3 Å². The fraction of sp³-hybridized carbons (Fsp3) is 0.571. The van der Waals surface area contributed by atoms with E-state index in [1.807, 2.05) is 0 Å². The van der Waals surface area contributed by atoms with E-state index < -0.39 is 4.92 Å². The van der Waals surface area contributed by atoms with Crippen LogP contribution in [0.2, 0.25) is 5.02 Å². The van der Waals surface area contributed by atoms with Gasteiger partial charge in [-0.1, -0.05) is 31.9 Å². The first-order valence-electron chi connectivity index (χ1n) is 6.68. The standard InChI is InChI=1S/C14H19ClN2O2/c1-9-3-4-10(2)14(7-9)16-13-6-5-11(17(18)19)8-12(13)15/h5-6,8-10,14,16H,3-4,7H2,1-2H3. The first-order valence-corrected chi connectivity index (χ1v) is 7.05. The zero-order valence-electron chi connectivity index (χ0n) is 11.2. The number of non-ortho nitro benzene ring substituents is 1. The van der Waals surface area contributed by atoms with Gasteiger partial charge >= 0.3 is 0 Å². The van der Waals surface area contributed by atoms with Crippen LogP contribution in [0.5, 0.6) is 0 Å². The molecule has 0 aromatic heterocycles. The zero-order valence-corrected chi connectivity index (χ0v) is 12.0. The molecule has 1 fully saturated rings. The largest absolute Gasteiger partial charge is 0.381 e. The van der Waals surface area contributed by atoms with E-state index in [1.165, 1.54) is 25.0 Å². The molecule has 0 heterocycles. The molecular weight excluding hydrogens is 264 g/mol. The summed E-state index contributed by atoms with van der Waals surface area (Å²) in [7, 11) is 0. The lowest BCUT2D eigenvalue weighted by Crippen LogP contribution is -2.33. The molecule has 0 spiro atoms. The molecule has 19 heavy (non-hydrogen) atoms. The molecule has 2 rings (SSSR count). The molecule has 1 aliphatic carbocycles. The summed E-state index contributed by atoms with van der Waals surface area (Å²) in [5.41, 5.74) is 0.818. The van der Waals surface area contributed by atoms with Crippen molar-refractivity contribution in [1.82, 2.24) is 0 Å². The Morgan fingerprint density at radius 2 is 2.11 bits per heavy atom. The van der Waals surface area contributed by atoms with Crippen LogP contribution < -0.4 is 5.32 Å². The molecule has 1 aliphatic rings. The number of anilines is 1. The third-order valence-corrected chi connectivity index (χ3v) is 4.28. The van der Waals surface area contributed by atoms with Gasteiger partial charge in [-0.25, -0.2) is 0 Å². The molecule has 1 saturated carbocycles. The Kier molecular flexibility index (Phi) is 4.30. The maximum absolute atomic E-state index is 10.7. The number of nitro groups is 1. The number of nitrogens with zero attached hydrogens (tertiary/aromatic N) is 1. The van der Waals surface area contributed by atoms with Crippen LogP contribution in [-0.4, -0.2) is 11.0 Å². The Hall–Kier alpha value is -1.29. The van der Waals surface area contributed by atoms with Crippen molar-refractivity contribution >= 4 is 23.0 Å². The number of halogens is 1. The molecule has 1 aromatic rings. The quantitative estimate of drug-likeness (QED) is 0.657. The Morgan fingerprint density at radius 3 is 2.74 bits per heavy atom. The van der Waals surface area contributed by atoms with Crippen LogP contribution in [0.4, 0.5) is 11.4 Å². The first-order chi connectivity index (χ1) is 8.97. The Labute approximate surface area is 118 Å². The third-order valence-electron chi connectivity index (χ3n) is 3.96. The van der Waals surface area contributed by atoms with Gasteiger partial charge in [-0.3, -0.25) is 10.1 Å².